The zero-order valence-electron chi connectivity index (χ0n) is 6.25. The minimum atomic E-state index is -3.67. The molecule has 0 atom stereocenters. The Labute approximate surface area is 69.4 Å². The van der Waals surface area contributed by atoms with Gasteiger partial charge in [-0.2, -0.15) is 8.42 Å². The molecule has 68 valence electrons. The lowest BCUT2D eigenvalue weighted by molar-refractivity contribution is 0.490. The molecule has 1 aromatic heterocycles. The Hall–Kier alpha value is -1.28. The molecule has 7 nitrogen and oxygen atoms in total. The van der Waals surface area contributed by atoms with Gasteiger partial charge in [0, 0.05) is 0 Å². The number of nitrogens with zero attached hydrogens (tertiary/aromatic N) is 3. The third kappa shape index (κ3) is 11.5. The molecule has 0 spiro atoms. The van der Waals surface area contributed by atoms with Gasteiger partial charge >= 0.3 is 0 Å². The molecule has 0 saturated heterocycles. The van der Waals surface area contributed by atoms with Crippen molar-refractivity contribution >= 4 is 16.1 Å². The molecule has 0 radical (unpaired) electrons. The Morgan fingerprint density at radius 2 is 1.75 bits per heavy atom. The van der Waals surface area contributed by atoms with Gasteiger partial charge in [0.05, 0.1) is 6.26 Å². The number of hydrogen-bond donors (Lipinski definition) is 2. The Bertz CT molecular complexity index is 302. The van der Waals surface area contributed by atoms with E-state index in [-0.39, 0.29) is 5.95 Å². The molecule has 0 fully saturated rings. The van der Waals surface area contributed by atoms with Crippen LogP contribution in [0.2, 0.25) is 0 Å². The number of rotatable bonds is 0. The summed E-state index contributed by atoms with van der Waals surface area (Å²) in [4.78, 5) is 10.6. The van der Waals surface area contributed by atoms with Gasteiger partial charge in [-0.15, -0.1) is 0 Å². The second-order valence-electron chi connectivity index (χ2n) is 1.73. The summed E-state index contributed by atoms with van der Waals surface area (Å²) in [5, 5.41) is 0. The van der Waals surface area contributed by atoms with E-state index in [1.807, 2.05) is 0 Å². The maximum Gasteiger partial charge on any atom is 0.261 e. The van der Waals surface area contributed by atoms with Crippen molar-refractivity contribution in [2.24, 2.45) is 0 Å². The fraction of sp³-hybridized carbons (Fsp3) is 0.250. The van der Waals surface area contributed by atoms with Gasteiger partial charge < -0.3 is 5.73 Å². The molecule has 0 aliphatic rings. The van der Waals surface area contributed by atoms with Crippen molar-refractivity contribution in [3.05, 3.63) is 12.7 Å². The van der Waals surface area contributed by atoms with Crippen molar-refractivity contribution in [2.45, 2.75) is 0 Å². The van der Waals surface area contributed by atoms with E-state index in [9.17, 15) is 8.42 Å². The Morgan fingerprint density at radius 3 is 1.92 bits per heavy atom. The van der Waals surface area contributed by atoms with Crippen LogP contribution in [0.4, 0.5) is 5.95 Å². The first-order valence-corrected chi connectivity index (χ1v) is 4.54. The largest absolute Gasteiger partial charge is 0.368 e. The molecule has 0 aromatic carbocycles. The van der Waals surface area contributed by atoms with E-state index in [2.05, 4.69) is 15.0 Å². The quantitative estimate of drug-likeness (QED) is 0.503. The maximum absolute atomic E-state index is 9.19. The lowest BCUT2D eigenvalue weighted by Gasteiger charge is -1.81. The van der Waals surface area contributed by atoms with Crippen LogP contribution in [-0.4, -0.2) is 34.2 Å². The van der Waals surface area contributed by atoms with Gasteiger partial charge in [0.1, 0.15) is 12.7 Å². The monoisotopic (exact) mass is 192 g/mol. The predicted octanol–water partition coefficient (Wildman–Crippen LogP) is -1.04. The lowest BCUT2D eigenvalue weighted by Crippen LogP contribution is -1.92. The van der Waals surface area contributed by atoms with Gasteiger partial charge in [0.15, 0.2) is 0 Å². The third-order valence-corrected chi connectivity index (χ3v) is 0.513. The molecule has 3 N–H and O–H groups in total. The topological polar surface area (TPSA) is 119 Å². The van der Waals surface area contributed by atoms with Gasteiger partial charge in [-0.1, -0.05) is 0 Å². The molecule has 0 aliphatic heterocycles. The summed E-state index contributed by atoms with van der Waals surface area (Å²) in [6.07, 6.45) is 3.41. The van der Waals surface area contributed by atoms with E-state index in [1.54, 1.807) is 0 Å². The van der Waals surface area contributed by atoms with E-state index in [4.69, 9.17) is 10.3 Å². The molecular weight excluding hydrogens is 184 g/mol. The van der Waals surface area contributed by atoms with E-state index in [1.165, 1.54) is 12.7 Å². The first-order chi connectivity index (χ1) is 5.39. The van der Waals surface area contributed by atoms with Gasteiger partial charge in [0.2, 0.25) is 5.95 Å². The van der Waals surface area contributed by atoms with Crippen molar-refractivity contribution in [1.82, 2.24) is 15.0 Å². The molecule has 0 bridgehead atoms. The first-order valence-electron chi connectivity index (χ1n) is 2.69. The SMILES string of the molecule is CS(=O)(=O)O.Nc1ncncn1. The molecule has 8 heteroatoms. The van der Waals surface area contributed by atoms with Crippen LogP contribution in [0.25, 0.3) is 0 Å². The van der Waals surface area contributed by atoms with Crippen molar-refractivity contribution in [1.29, 1.82) is 0 Å². The van der Waals surface area contributed by atoms with E-state index >= 15 is 0 Å². The van der Waals surface area contributed by atoms with E-state index in [0.717, 1.165) is 0 Å². The number of nitrogens with two attached hydrogens (primary N) is 1. The van der Waals surface area contributed by atoms with Crippen LogP contribution < -0.4 is 5.73 Å². The average molecular weight is 192 g/mol. The van der Waals surface area contributed by atoms with Crippen molar-refractivity contribution in [3.63, 3.8) is 0 Å². The first kappa shape index (κ1) is 10.7. The molecule has 12 heavy (non-hydrogen) atoms. The van der Waals surface area contributed by atoms with Crippen molar-refractivity contribution < 1.29 is 13.0 Å². The minimum absolute atomic E-state index is 0.259. The number of aromatic nitrogens is 3. The molecule has 0 aliphatic carbocycles. The molecule has 1 heterocycles. The Morgan fingerprint density at radius 1 is 1.42 bits per heavy atom. The fourth-order valence-electron chi connectivity index (χ4n) is 0.248. The molecular formula is C4H8N4O3S. The highest BCUT2D eigenvalue weighted by Gasteiger charge is 1.81. The van der Waals surface area contributed by atoms with Crippen LogP contribution in [0.1, 0.15) is 0 Å². The smallest absolute Gasteiger partial charge is 0.261 e. The van der Waals surface area contributed by atoms with Crippen molar-refractivity contribution in [3.8, 4) is 0 Å². The van der Waals surface area contributed by atoms with E-state index < -0.39 is 10.1 Å². The summed E-state index contributed by atoms with van der Waals surface area (Å²) in [6, 6.07) is 0. The molecule has 0 saturated carbocycles. The lowest BCUT2D eigenvalue weighted by atomic mass is 11.0. The number of hydrogen-bond acceptors (Lipinski definition) is 6. The summed E-state index contributed by atoms with van der Waals surface area (Å²) < 4.78 is 25.9. The van der Waals surface area contributed by atoms with Crippen molar-refractivity contribution in [2.75, 3.05) is 12.0 Å². The molecule has 0 unspecified atom stereocenters. The highest BCUT2D eigenvalue weighted by Crippen LogP contribution is 1.77. The zero-order chi connectivity index (χ0) is 9.61. The minimum Gasteiger partial charge on any atom is -0.368 e. The van der Waals surface area contributed by atoms with Crippen LogP contribution in [0, 0.1) is 0 Å². The highest BCUT2D eigenvalue weighted by atomic mass is 32.2. The summed E-state index contributed by atoms with van der Waals surface area (Å²) in [5.41, 5.74) is 5.10. The second kappa shape index (κ2) is 4.57. The van der Waals surface area contributed by atoms with Crippen LogP contribution in [-0.2, 0) is 10.1 Å². The second-order valence-corrected chi connectivity index (χ2v) is 3.20. The van der Waals surface area contributed by atoms with Gasteiger partial charge in [0.25, 0.3) is 10.1 Å². The van der Waals surface area contributed by atoms with E-state index in [0.29, 0.717) is 6.26 Å². The van der Waals surface area contributed by atoms with Crippen LogP contribution >= 0.6 is 0 Å². The summed E-state index contributed by atoms with van der Waals surface area (Å²) in [5.74, 6) is 0.259. The summed E-state index contributed by atoms with van der Waals surface area (Å²) in [6.45, 7) is 0. The standard InChI is InChI=1S/C3H4N4.CH4O3S/c4-3-6-1-5-2-7-3;1-5(2,3)4/h1-2H,(H2,4,5,6,7);1H3,(H,2,3,4). The fourth-order valence-corrected chi connectivity index (χ4v) is 0.248. The third-order valence-electron chi connectivity index (χ3n) is 0.513. The molecule has 1 rings (SSSR count). The van der Waals surface area contributed by atoms with Gasteiger partial charge in [-0.25, -0.2) is 15.0 Å². The highest BCUT2D eigenvalue weighted by molar-refractivity contribution is 7.85. The summed E-state index contributed by atoms with van der Waals surface area (Å²) >= 11 is 0. The normalized spacial score (nSPS) is 9.83. The maximum atomic E-state index is 9.19. The van der Waals surface area contributed by atoms with Crippen LogP contribution in [0.3, 0.4) is 0 Å². The Balaban J connectivity index is 0.000000217. The van der Waals surface area contributed by atoms with Gasteiger partial charge in [-0.3, -0.25) is 4.55 Å². The summed E-state index contributed by atoms with van der Waals surface area (Å²) in [7, 11) is -3.67. The number of anilines is 1. The van der Waals surface area contributed by atoms with Crippen LogP contribution in [0.5, 0.6) is 0 Å². The number of nitrogen functional groups attached to an aromatic ring is 1. The Kier molecular flexibility index (Phi) is 4.08. The molecule has 1 aromatic rings. The molecule has 0 amide bonds. The predicted molar refractivity (Wildman–Crippen MR) is 41.7 cm³/mol. The average Bonchev–Trinajstić information content (AvgIpc) is 1.85. The van der Waals surface area contributed by atoms with Gasteiger partial charge in [-0.05, 0) is 0 Å². The van der Waals surface area contributed by atoms with Crippen LogP contribution in [0.15, 0.2) is 12.7 Å². The zero-order valence-corrected chi connectivity index (χ0v) is 7.06.